The van der Waals surface area contributed by atoms with E-state index >= 15 is 4.39 Å². The second kappa shape index (κ2) is 9.78. The van der Waals surface area contributed by atoms with Crippen LogP contribution >= 0.6 is 0 Å². The van der Waals surface area contributed by atoms with Crippen LogP contribution in [0.1, 0.15) is 17.2 Å². The zero-order valence-corrected chi connectivity index (χ0v) is 19.3. The lowest BCUT2D eigenvalue weighted by Gasteiger charge is -2.29. The molecule has 0 spiro atoms. The summed E-state index contributed by atoms with van der Waals surface area (Å²) < 4.78 is 40.5. The van der Waals surface area contributed by atoms with Gasteiger partial charge in [-0.25, -0.2) is 18.7 Å². The molecule has 2 aromatic carbocycles. The van der Waals surface area contributed by atoms with Gasteiger partial charge in [-0.05, 0) is 30.3 Å². The molecule has 0 saturated carbocycles. The number of morpholine rings is 1. The number of nitrogens with two attached hydrogens (primary N) is 1. The van der Waals surface area contributed by atoms with Crippen LogP contribution in [-0.4, -0.2) is 59.5 Å². The van der Waals surface area contributed by atoms with Crippen LogP contribution in [0, 0.1) is 11.6 Å². The zero-order chi connectivity index (χ0) is 25.2. The van der Waals surface area contributed by atoms with E-state index in [-0.39, 0.29) is 28.4 Å². The van der Waals surface area contributed by atoms with Crippen LogP contribution in [0.5, 0.6) is 5.88 Å². The molecular weight excluding hydrogens is 470 g/mol. The predicted octanol–water partition coefficient (Wildman–Crippen LogP) is 2.83. The van der Waals surface area contributed by atoms with Crippen LogP contribution < -0.4 is 15.4 Å². The Balaban J connectivity index is 1.60. The SMILES string of the molecule is COc1ccc(C(C(N)=O)c2cc(-c3ncnc4cc(N5CCOCC5)ccc34)c(F)cc2F)nn1. The van der Waals surface area contributed by atoms with Gasteiger partial charge < -0.3 is 20.1 Å². The molecule has 1 fully saturated rings. The maximum atomic E-state index is 15.1. The maximum absolute atomic E-state index is 15.1. The minimum atomic E-state index is -1.30. The quantitative estimate of drug-likeness (QED) is 0.437. The van der Waals surface area contributed by atoms with Crippen molar-refractivity contribution in [3.63, 3.8) is 0 Å². The Hall–Kier alpha value is -4.25. The van der Waals surface area contributed by atoms with Gasteiger partial charge in [0.1, 0.15) is 23.9 Å². The number of hydrogen-bond donors (Lipinski definition) is 1. The third-order valence-electron chi connectivity index (χ3n) is 6.10. The molecule has 1 atom stereocenters. The van der Waals surface area contributed by atoms with E-state index in [9.17, 15) is 9.18 Å². The molecule has 1 amide bonds. The van der Waals surface area contributed by atoms with E-state index in [4.69, 9.17) is 15.2 Å². The number of rotatable bonds is 6. The Morgan fingerprint density at radius 3 is 2.56 bits per heavy atom. The number of anilines is 1. The Bertz CT molecular complexity index is 1430. The van der Waals surface area contributed by atoms with Crippen molar-refractivity contribution in [1.29, 1.82) is 0 Å². The van der Waals surface area contributed by atoms with E-state index in [2.05, 4.69) is 25.1 Å². The van der Waals surface area contributed by atoms with Crippen LogP contribution in [0.2, 0.25) is 0 Å². The van der Waals surface area contributed by atoms with Gasteiger partial charge in [0, 0.05) is 47.4 Å². The summed E-state index contributed by atoms with van der Waals surface area (Å²) in [6, 6.07) is 10.5. The van der Waals surface area contributed by atoms with E-state index in [0.717, 1.165) is 18.8 Å². The topological polar surface area (TPSA) is 116 Å². The minimum absolute atomic E-state index is 0.00523. The number of benzene rings is 2. The first-order valence-corrected chi connectivity index (χ1v) is 11.2. The van der Waals surface area contributed by atoms with Gasteiger partial charge in [0.25, 0.3) is 0 Å². The van der Waals surface area contributed by atoms with Gasteiger partial charge in [0.2, 0.25) is 11.8 Å². The van der Waals surface area contributed by atoms with E-state index in [1.165, 1.54) is 31.6 Å². The van der Waals surface area contributed by atoms with Crippen molar-refractivity contribution in [1.82, 2.24) is 20.2 Å². The highest BCUT2D eigenvalue weighted by Crippen LogP contribution is 2.35. The largest absolute Gasteiger partial charge is 0.480 e. The number of ether oxygens (including phenoxy) is 2. The summed E-state index contributed by atoms with van der Waals surface area (Å²) in [6.07, 6.45) is 1.32. The number of primary amides is 1. The van der Waals surface area contributed by atoms with Crippen molar-refractivity contribution in [3.8, 4) is 17.1 Å². The van der Waals surface area contributed by atoms with Gasteiger partial charge in [-0.15, -0.1) is 5.10 Å². The number of carbonyl (C=O) groups is 1. The Morgan fingerprint density at radius 2 is 1.86 bits per heavy atom. The van der Waals surface area contributed by atoms with Gasteiger partial charge in [0.15, 0.2) is 0 Å². The molecule has 1 aliphatic heterocycles. The molecule has 184 valence electrons. The summed E-state index contributed by atoms with van der Waals surface area (Å²) >= 11 is 0. The van der Waals surface area contributed by atoms with Gasteiger partial charge in [-0.3, -0.25) is 4.79 Å². The third-order valence-corrected chi connectivity index (χ3v) is 6.10. The molecular formula is C25H22F2N6O3. The zero-order valence-electron chi connectivity index (χ0n) is 19.3. The predicted molar refractivity (Wildman–Crippen MR) is 128 cm³/mol. The van der Waals surface area contributed by atoms with Gasteiger partial charge in [-0.1, -0.05) is 0 Å². The average Bonchev–Trinajstić information content (AvgIpc) is 2.90. The summed E-state index contributed by atoms with van der Waals surface area (Å²) in [5.74, 6) is -3.73. The molecule has 36 heavy (non-hydrogen) atoms. The lowest BCUT2D eigenvalue weighted by molar-refractivity contribution is -0.118. The van der Waals surface area contributed by atoms with E-state index in [0.29, 0.717) is 30.2 Å². The number of nitrogens with zero attached hydrogens (tertiary/aromatic N) is 5. The lowest BCUT2D eigenvalue weighted by Crippen LogP contribution is -2.36. The summed E-state index contributed by atoms with van der Waals surface area (Å²) in [4.78, 5) is 23.2. The van der Waals surface area contributed by atoms with Crippen LogP contribution in [0.4, 0.5) is 14.5 Å². The average molecular weight is 492 g/mol. The standard InChI is InChI=1S/C25H22F2N6O3/c1-35-22-5-4-20(31-32-22)23(25(28)34)16-11-17(19(27)12-18(16)26)24-15-3-2-14(10-21(15)29-13-30-24)33-6-8-36-9-7-33/h2-5,10-13,23H,6-9H2,1H3,(H2,28,34). The lowest BCUT2D eigenvalue weighted by atomic mass is 9.91. The van der Waals surface area contributed by atoms with Crippen molar-refractivity contribution >= 4 is 22.5 Å². The molecule has 9 nitrogen and oxygen atoms in total. The summed E-state index contributed by atoms with van der Waals surface area (Å²) in [6.45, 7) is 2.77. The second-order valence-electron chi connectivity index (χ2n) is 8.21. The first kappa shape index (κ1) is 23.5. The molecule has 1 aliphatic rings. The van der Waals surface area contributed by atoms with Crippen LogP contribution in [0.3, 0.4) is 0 Å². The maximum Gasteiger partial charge on any atom is 0.233 e. The van der Waals surface area contributed by atoms with Gasteiger partial charge in [-0.2, -0.15) is 5.10 Å². The number of amides is 1. The monoisotopic (exact) mass is 492 g/mol. The van der Waals surface area contributed by atoms with Crippen molar-refractivity contribution in [2.75, 3.05) is 38.3 Å². The van der Waals surface area contributed by atoms with Crippen molar-refractivity contribution in [2.45, 2.75) is 5.92 Å². The summed E-state index contributed by atoms with van der Waals surface area (Å²) in [5, 5.41) is 8.35. The number of hydrogen-bond acceptors (Lipinski definition) is 8. The number of fused-ring (bicyclic) bond motifs is 1. The molecule has 4 aromatic rings. The molecule has 3 heterocycles. The Kier molecular flexibility index (Phi) is 6.38. The second-order valence-corrected chi connectivity index (χ2v) is 8.21. The van der Waals surface area contributed by atoms with E-state index in [1.54, 1.807) is 6.07 Å². The fraction of sp³-hybridized carbons (Fsp3) is 0.240. The van der Waals surface area contributed by atoms with Crippen LogP contribution in [0.25, 0.3) is 22.2 Å². The fourth-order valence-corrected chi connectivity index (χ4v) is 4.30. The molecule has 0 aliphatic carbocycles. The molecule has 11 heteroatoms. The highest BCUT2D eigenvalue weighted by atomic mass is 19.1. The van der Waals surface area contributed by atoms with Crippen molar-refractivity contribution in [2.24, 2.45) is 5.73 Å². The smallest absolute Gasteiger partial charge is 0.233 e. The number of methoxy groups -OCH3 is 1. The molecule has 0 radical (unpaired) electrons. The molecule has 5 rings (SSSR count). The van der Waals surface area contributed by atoms with E-state index in [1.807, 2.05) is 12.1 Å². The minimum Gasteiger partial charge on any atom is -0.480 e. The number of aromatic nitrogens is 4. The number of halogens is 2. The highest BCUT2D eigenvalue weighted by molar-refractivity contribution is 5.94. The Morgan fingerprint density at radius 1 is 1.06 bits per heavy atom. The van der Waals surface area contributed by atoms with Gasteiger partial charge >= 0.3 is 0 Å². The van der Waals surface area contributed by atoms with Crippen LogP contribution in [-0.2, 0) is 9.53 Å². The van der Waals surface area contributed by atoms with Crippen LogP contribution in [0.15, 0.2) is 48.8 Å². The fourth-order valence-electron chi connectivity index (χ4n) is 4.30. The highest BCUT2D eigenvalue weighted by Gasteiger charge is 2.28. The molecule has 2 aromatic heterocycles. The Labute approximate surface area is 204 Å². The molecule has 1 unspecified atom stereocenters. The summed E-state index contributed by atoms with van der Waals surface area (Å²) in [5.41, 5.74) is 7.39. The summed E-state index contributed by atoms with van der Waals surface area (Å²) in [7, 11) is 1.41. The van der Waals surface area contributed by atoms with E-state index < -0.39 is 23.5 Å². The third kappa shape index (κ3) is 4.40. The van der Waals surface area contributed by atoms with Gasteiger partial charge in [0.05, 0.1) is 37.2 Å². The first-order valence-electron chi connectivity index (χ1n) is 11.2. The number of carbonyl (C=O) groups excluding carboxylic acids is 1. The van der Waals surface area contributed by atoms with Crippen molar-refractivity contribution < 1.29 is 23.0 Å². The van der Waals surface area contributed by atoms with Crippen molar-refractivity contribution in [3.05, 3.63) is 71.7 Å². The molecule has 1 saturated heterocycles. The first-order chi connectivity index (χ1) is 17.5. The molecule has 2 N–H and O–H groups in total. The molecule has 0 bridgehead atoms. The normalized spacial score (nSPS) is 14.6.